The van der Waals surface area contributed by atoms with Crippen LogP contribution in [-0.4, -0.2) is 22.9 Å². The number of hydrogen-bond donors (Lipinski definition) is 2. The number of carbonyl (C=O) groups is 1. The zero-order valence-electron chi connectivity index (χ0n) is 15.3. The highest BCUT2D eigenvalue weighted by Crippen LogP contribution is 2.32. The standard InChI is InChI=1S/C19H26N4O2/c1-19(2,3)23-17-7-5-6-16(15(17)12-20-23)22-18(24)21-13-8-10-14(25-4)11-9-13/h8-12,16H,5-7H2,1-4H3,(H2,21,22,24). The van der Waals surface area contributed by atoms with Crippen LogP contribution < -0.4 is 15.4 Å². The molecule has 6 nitrogen and oxygen atoms in total. The molecule has 1 aliphatic carbocycles. The van der Waals surface area contributed by atoms with Gasteiger partial charge in [-0.3, -0.25) is 4.68 Å². The zero-order valence-corrected chi connectivity index (χ0v) is 15.3. The van der Waals surface area contributed by atoms with E-state index in [1.807, 2.05) is 30.5 Å². The van der Waals surface area contributed by atoms with Crippen molar-refractivity contribution in [3.05, 3.63) is 41.7 Å². The first kappa shape index (κ1) is 17.3. The number of aromatic nitrogens is 2. The number of carbonyl (C=O) groups excluding carboxylic acids is 1. The van der Waals surface area contributed by atoms with Crippen LogP contribution in [0.1, 0.15) is 50.9 Å². The average molecular weight is 342 g/mol. The summed E-state index contributed by atoms with van der Waals surface area (Å²) < 4.78 is 7.21. The van der Waals surface area contributed by atoms with Gasteiger partial charge in [-0.25, -0.2) is 4.79 Å². The molecule has 0 bridgehead atoms. The lowest BCUT2D eigenvalue weighted by molar-refractivity contribution is 0.247. The fourth-order valence-electron chi connectivity index (χ4n) is 3.28. The molecule has 0 saturated carbocycles. The van der Waals surface area contributed by atoms with Crippen LogP contribution in [0.4, 0.5) is 10.5 Å². The van der Waals surface area contributed by atoms with E-state index in [4.69, 9.17) is 4.74 Å². The number of benzene rings is 1. The number of urea groups is 1. The minimum Gasteiger partial charge on any atom is -0.497 e. The summed E-state index contributed by atoms with van der Waals surface area (Å²) >= 11 is 0. The number of ether oxygens (including phenoxy) is 1. The van der Waals surface area contributed by atoms with Crippen LogP contribution in [0.2, 0.25) is 0 Å². The molecule has 3 rings (SSSR count). The van der Waals surface area contributed by atoms with Crippen molar-refractivity contribution in [2.45, 2.75) is 51.6 Å². The van der Waals surface area contributed by atoms with Crippen LogP contribution >= 0.6 is 0 Å². The molecule has 0 saturated heterocycles. The highest BCUT2D eigenvalue weighted by molar-refractivity contribution is 5.89. The fourth-order valence-corrected chi connectivity index (χ4v) is 3.28. The largest absolute Gasteiger partial charge is 0.497 e. The highest BCUT2D eigenvalue weighted by Gasteiger charge is 2.28. The summed E-state index contributed by atoms with van der Waals surface area (Å²) in [5, 5.41) is 10.5. The van der Waals surface area contributed by atoms with Crippen molar-refractivity contribution < 1.29 is 9.53 Å². The van der Waals surface area contributed by atoms with Gasteiger partial charge in [0.25, 0.3) is 0 Å². The predicted molar refractivity (Wildman–Crippen MR) is 98.1 cm³/mol. The molecule has 0 aliphatic heterocycles. The first-order valence-electron chi connectivity index (χ1n) is 8.67. The lowest BCUT2D eigenvalue weighted by atomic mass is 9.92. The van der Waals surface area contributed by atoms with Gasteiger partial charge in [0.05, 0.1) is 24.9 Å². The smallest absolute Gasteiger partial charge is 0.319 e. The van der Waals surface area contributed by atoms with Crippen LogP contribution in [0.3, 0.4) is 0 Å². The van der Waals surface area contributed by atoms with Crippen LogP contribution in [0.15, 0.2) is 30.5 Å². The maximum absolute atomic E-state index is 12.4. The average Bonchev–Trinajstić information content (AvgIpc) is 3.01. The quantitative estimate of drug-likeness (QED) is 0.890. The first-order valence-corrected chi connectivity index (χ1v) is 8.67. The summed E-state index contributed by atoms with van der Waals surface area (Å²) in [7, 11) is 1.62. The third-order valence-corrected chi connectivity index (χ3v) is 4.47. The van der Waals surface area contributed by atoms with E-state index < -0.39 is 0 Å². The predicted octanol–water partition coefficient (Wildman–Crippen LogP) is 3.85. The van der Waals surface area contributed by atoms with Crippen molar-refractivity contribution >= 4 is 11.7 Å². The number of amides is 2. The second-order valence-electron chi connectivity index (χ2n) is 7.40. The molecule has 2 aromatic rings. The van der Waals surface area contributed by atoms with Gasteiger partial charge in [0.1, 0.15) is 5.75 Å². The molecule has 134 valence electrons. The van der Waals surface area contributed by atoms with Gasteiger partial charge in [0.2, 0.25) is 0 Å². The minimum absolute atomic E-state index is 0.00176. The molecule has 0 fully saturated rings. The Morgan fingerprint density at radius 2 is 2.00 bits per heavy atom. The number of methoxy groups -OCH3 is 1. The Hall–Kier alpha value is -2.50. The van der Waals surface area contributed by atoms with Crippen molar-refractivity contribution in [3.8, 4) is 5.75 Å². The molecular formula is C19H26N4O2. The molecule has 1 aliphatic rings. The summed E-state index contributed by atoms with van der Waals surface area (Å²) in [6.07, 6.45) is 4.88. The number of nitrogens with one attached hydrogen (secondary N) is 2. The van der Waals surface area contributed by atoms with Gasteiger partial charge >= 0.3 is 6.03 Å². The second-order valence-corrected chi connectivity index (χ2v) is 7.40. The van der Waals surface area contributed by atoms with Gasteiger partial charge in [-0.2, -0.15) is 5.10 Å². The number of hydrogen-bond acceptors (Lipinski definition) is 3. The Morgan fingerprint density at radius 3 is 2.64 bits per heavy atom. The maximum Gasteiger partial charge on any atom is 0.319 e. The van der Waals surface area contributed by atoms with Crippen LogP contribution in [0, 0.1) is 0 Å². The summed E-state index contributed by atoms with van der Waals surface area (Å²) in [4.78, 5) is 12.4. The molecule has 6 heteroatoms. The normalized spacial score (nSPS) is 16.9. The summed E-state index contributed by atoms with van der Waals surface area (Å²) in [5.74, 6) is 0.762. The van der Waals surface area contributed by atoms with Crippen LogP contribution in [0.5, 0.6) is 5.75 Å². The maximum atomic E-state index is 12.4. The molecule has 25 heavy (non-hydrogen) atoms. The molecule has 1 atom stereocenters. The Balaban J connectivity index is 1.69. The second kappa shape index (κ2) is 6.78. The lowest BCUT2D eigenvalue weighted by Crippen LogP contribution is -2.35. The summed E-state index contributed by atoms with van der Waals surface area (Å²) in [5.41, 5.74) is 3.04. The number of fused-ring (bicyclic) bond motifs is 1. The Labute approximate surface area is 148 Å². The lowest BCUT2D eigenvalue weighted by Gasteiger charge is -2.28. The van der Waals surface area contributed by atoms with E-state index in [0.717, 1.165) is 36.3 Å². The van der Waals surface area contributed by atoms with Gasteiger partial charge in [0.15, 0.2) is 0 Å². The molecule has 1 aromatic carbocycles. The van der Waals surface area contributed by atoms with E-state index in [9.17, 15) is 4.79 Å². The number of nitrogens with zero attached hydrogens (tertiary/aromatic N) is 2. The number of anilines is 1. The third-order valence-electron chi connectivity index (χ3n) is 4.47. The topological polar surface area (TPSA) is 68.2 Å². The molecule has 0 radical (unpaired) electrons. The van der Waals surface area contributed by atoms with Crippen molar-refractivity contribution in [1.29, 1.82) is 0 Å². The SMILES string of the molecule is COc1ccc(NC(=O)NC2CCCc3c2cnn3C(C)(C)C)cc1. The van der Waals surface area contributed by atoms with Crippen LogP contribution in [-0.2, 0) is 12.0 Å². The van der Waals surface area contributed by atoms with Crippen molar-refractivity contribution in [2.24, 2.45) is 0 Å². The first-order chi connectivity index (χ1) is 11.9. The van der Waals surface area contributed by atoms with E-state index in [1.54, 1.807) is 7.11 Å². The monoisotopic (exact) mass is 342 g/mol. The van der Waals surface area contributed by atoms with Crippen molar-refractivity contribution in [3.63, 3.8) is 0 Å². The van der Waals surface area contributed by atoms with E-state index in [0.29, 0.717) is 0 Å². The Kier molecular flexibility index (Phi) is 4.70. The van der Waals surface area contributed by atoms with E-state index >= 15 is 0 Å². The van der Waals surface area contributed by atoms with Crippen LogP contribution in [0.25, 0.3) is 0 Å². The molecule has 1 unspecified atom stereocenters. The molecule has 1 aromatic heterocycles. The highest BCUT2D eigenvalue weighted by atomic mass is 16.5. The molecule has 2 N–H and O–H groups in total. The zero-order chi connectivity index (χ0) is 18.0. The molecule has 2 amide bonds. The van der Waals surface area contributed by atoms with Crippen molar-refractivity contribution in [2.75, 3.05) is 12.4 Å². The van der Waals surface area contributed by atoms with Crippen molar-refractivity contribution in [1.82, 2.24) is 15.1 Å². The van der Waals surface area contributed by atoms with E-state index in [1.165, 1.54) is 5.69 Å². The molecule has 0 spiro atoms. The minimum atomic E-state index is -0.202. The summed E-state index contributed by atoms with van der Waals surface area (Å²) in [6, 6.07) is 7.08. The van der Waals surface area contributed by atoms with Gasteiger partial charge in [0, 0.05) is 16.9 Å². The summed E-state index contributed by atoms with van der Waals surface area (Å²) in [6.45, 7) is 6.44. The van der Waals surface area contributed by atoms with Gasteiger partial charge in [-0.1, -0.05) is 0 Å². The Morgan fingerprint density at radius 1 is 1.28 bits per heavy atom. The van der Waals surface area contributed by atoms with E-state index in [2.05, 4.69) is 41.2 Å². The fraction of sp³-hybridized carbons (Fsp3) is 0.474. The Bertz CT molecular complexity index is 744. The number of rotatable bonds is 3. The van der Waals surface area contributed by atoms with Gasteiger partial charge in [-0.05, 0) is 64.3 Å². The van der Waals surface area contributed by atoms with Gasteiger partial charge < -0.3 is 15.4 Å². The van der Waals surface area contributed by atoms with Gasteiger partial charge in [-0.15, -0.1) is 0 Å². The van der Waals surface area contributed by atoms with E-state index in [-0.39, 0.29) is 17.6 Å². The molecule has 1 heterocycles. The third kappa shape index (κ3) is 3.78. The molecular weight excluding hydrogens is 316 g/mol.